The number of hydrogen-bond acceptors (Lipinski definition) is 7. The Hall–Kier alpha value is -3.33. The van der Waals surface area contributed by atoms with E-state index in [1.54, 1.807) is 22.9 Å². The van der Waals surface area contributed by atoms with Gasteiger partial charge < -0.3 is 14.8 Å². The van der Waals surface area contributed by atoms with Crippen LogP contribution in [0.2, 0.25) is 0 Å². The molecule has 34 heavy (non-hydrogen) atoms. The molecule has 0 saturated heterocycles. The van der Waals surface area contributed by atoms with Gasteiger partial charge in [0.25, 0.3) is 0 Å². The quantitative estimate of drug-likeness (QED) is 0.325. The summed E-state index contributed by atoms with van der Waals surface area (Å²) in [5.41, 5.74) is 2.56. The van der Waals surface area contributed by atoms with Crippen molar-refractivity contribution < 1.29 is 18.7 Å². The number of hydrogen-bond donors (Lipinski definition) is 1. The van der Waals surface area contributed by atoms with Gasteiger partial charge in [0.05, 0.1) is 18.8 Å². The van der Waals surface area contributed by atoms with Gasteiger partial charge in [0.1, 0.15) is 17.6 Å². The van der Waals surface area contributed by atoms with E-state index in [1.165, 1.54) is 17.8 Å². The number of carbonyl (C=O) groups is 1. The molecule has 0 amide bonds. The Bertz CT molecular complexity index is 1190. The Kier molecular flexibility index (Phi) is 7.52. The number of esters is 1. The van der Waals surface area contributed by atoms with E-state index in [0.717, 1.165) is 17.7 Å². The highest BCUT2D eigenvalue weighted by Gasteiger charge is 2.35. The second-order valence-electron chi connectivity index (χ2n) is 7.75. The first-order valence-corrected chi connectivity index (χ1v) is 12.2. The molecule has 0 bridgehead atoms. The van der Waals surface area contributed by atoms with Crippen LogP contribution in [-0.2, 0) is 15.3 Å². The van der Waals surface area contributed by atoms with Gasteiger partial charge in [-0.2, -0.15) is 4.98 Å². The zero-order valence-electron chi connectivity index (χ0n) is 19.4. The summed E-state index contributed by atoms with van der Waals surface area (Å²) in [5, 5.41) is 8.34. The summed E-state index contributed by atoms with van der Waals surface area (Å²) in [6, 6.07) is 13.7. The molecule has 2 heterocycles. The van der Waals surface area contributed by atoms with E-state index in [1.807, 2.05) is 45.0 Å². The lowest BCUT2D eigenvalue weighted by Crippen LogP contribution is -2.29. The average Bonchev–Trinajstić information content (AvgIpc) is 3.24. The number of aromatic nitrogens is 3. The fourth-order valence-corrected chi connectivity index (χ4v) is 4.52. The number of nitrogens with zero attached hydrogens (tertiary/aromatic N) is 3. The number of carbonyl (C=O) groups excluding carboxylic acids is 1. The fourth-order valence-electron chi connectivity index (χ4n) is 3.71. The maximum atomic E-state index is 14.0. The molecule has 4 rings (SSSR count). The highest BCUT2D eigenvalue weighted by molar-refractivity contribution is 7.98. The van der Waals surface area contributed by atoms with Crippen LogP contribution >= 0.6 is 11.8 Å². The lowest BCUT2D eigenvalue weighted by atomic mass is 9.96. The summed E-state index contributed by atoms with van der Waals surface area (Å²) in [7, 11) is 0. The molecule has 1 atom stereocenters. The topological polar surface area (TPSA) is 78.3 Å². The van der Waals surface area contributed by atoms with Crippen LogP contribution in [0.5, 0.6) is 5.75 Å². The number of nitrogens with one attached hydrogen (secondary N) is 1. The summed E-state index contributed by atoms with van der Waals surface area (Å²) < 4.78 is 26.8. The number of benzene rings is 2. The average molecular weight is 483 g/mol. The molecule has 0 saturated carbocycles. The molecule has 0 fully saturated rings. The zero-order chi connectivity index (χ0) is 24.1. The summed E-state index contributed by atoms with van der Waals surface area (Å²) in [6.07, 6.45) is 0.727. The van der Waals surface area contributed by atoms with Crippen molar-refractivity contribution >= 4 is 23.7 Å². The molecule has 1 aromatic heterocycles. The minimum atomic E-state index is -0.522. The number of rotatable bonds is 9. The number of halogens is 1. The molecule has 2 aromatic carbocycles. The number of fused-ring (bicyclic) bond motifs is 1. The third-order valence-corrected chi connectivity index (χ3v) is 6.20. The zero-order valence-corrected chi connectivity index (χ0v) is 20.2. The Morgan fingerprint density at radius 3 is 2.65 bits per heavy atom. The molecule has 178 valence electrons. The maximum Gasteiger partial charge on any atom is 0.338 e. The molecular formula is C25H27FN4O3S. The van der Waals surface area contributed by atoms with Crippen molar-refractivity contribution in [2.24, 2.45) is 0 Å². The first-order chi connectivity index (χ1) is 16.5. The van der Waals surface area contributed by atoms with E-state index >= 15 is 0 Å². The van der Waals surface area contributed by atoms with Gasteiger partial charge >= 0.3 is 5.97 Å². The summed E-state index contributed by atoms with van der Waals surface area (Å²) >= 11 is 1.33. The van der Waals surface area contributed by atoms with Crippen molar-refractivity contribution in [2.45, 2.75) is 44.1 Å². The number of allylic oxidation sites excluding steroid dienone is 1. The van der Waals surface area contributed by atoms with Gasteiger partial charge in [-0.3, -0.25) is 0 Å². The second kappa shape index (κ2) is 10.7. The minimum Gasteiger partial charge on any atom is -0.494 e. The van der Waals surface area contributed by atoms with Crippen LogP contribution in [0.3, 0.4) is 0 Å². The molecule has 1 aliphatic heterocycles. The van der Waals surface area contributed by atoms with Crippen LogP contribution in [0, 0.1) is 5.82 Å². The first kappa shape index (κ1) is 23.8. The van der Waals surface area contributed by atoms with E-state index in [0.29, 0.717) is 46.9 Å². The lowest BCUT2D eigenvalue weighted by Gasteiger charge is -2.28. The lowest BCUT2D eigenvalue weighted by molar-refractivity contribution is -0.139. The standard InChI is InChI=1S/C25H27FN4O3S/c1-4-14-33-23(31)21-16(3)27-24-28-25(34-15-18-8-6-7-9-20(18)26)29-30(24)22(21)17-10-12-19(13-11-17)32-5-2/h6-13,22H,4-5,14-15H2,1-3H3,(H,27,28,29). The Morgan fingerprint density at radius 2 is 1.94 bits per heavy atom. The highest BCUT2D eigenvalue weighted by Crippen LogP contribution is 2.37. The normalized spacial score (nSPS) is 15.0. The monoisotopic (exact) mass is 482 g/mol. The smallest absolute Gasteiger partial charge is 0.338 e. The molecular weight excluding hydrogens is 455 g/mol. The van der Waals surface area contributed by atoms with Crippen LogP contribution in [-0.4, -0.2) is 33.9 Å². The first-order valence-electron chi connectivity index (χ1n) is 11.2. The van der Waals surface area contributed by atoms with Gasteiger partial charge in [-0.05, 0) is 49.6 Å². The molecule has 0 aliphatic carbocycles. The van der Waals surface area contributed by atoms with Crippen molar-refractivity contribution in [3.63, 3.8) is 0 Å². The Balaban J connectivity index is 1.68. The van der Waals surface area contributed by atoms with Crippen molar-refractivity contribution in [2.75, 3.05) is 18.5 Å². The Labute approximate surface area is 202 Å². The number of thioether (sulfide) groups is 1. The molecule has 0 radical (unpaired) electrons. The molecule has 3 aromatic rings. The van der Waals surface area contributed by atoms with Crippen molar-refractivity contribution in [3.8, 4) is 5.75 Å². The SMILES string of the molecule is CCCOC(=O)C1=C(C)Nc2nc(SCc3ccccc3F)nn2C1c1ccc(OCC)cc1. The van der Waals surface area contributed by atoms with Gasteiger partial charge in [-0.1, -0.05) is 49.0 Å². The van der Waals surface area contributed by atoms with Crippen LogP contribution in [0.1, 0.15) is 44.4 Å². The van der Waals surface area contributed by atoms with Crippen molar-refractivity contribution in [1.82, 2.24) is 14.8 Å². The van der Waals surface area contributed by atoms with Crippen LogP contribution in [0.15, 0.2) is 65.0 Å². The van der Waals surface area contributed by atoms with E-state index in [2.05, 4.69) is 15.4 Å². The fraction of sp³-hybridized carbons (Fsp3) is 0.320. The predicted octanol–water partition coefficient (Wildman–Crippen LogP) is 5.35. The summed E-state index contributed by atoms with van der Waals surface area (Å²) in [5.74, 6) is 0.993. The van der Waals surface area contributed by atoms with Gasteiger partial charge in [0, 0.05) is 11.4 Å². The molecule has 1 N–H and O–H groups in total. The third kappa shape index (κ3) is 5.09. The van der Waals surface area contributed by atoms with E-state index in [4.69, 9.17) is 9.47 Å². The molecule has 1 aliphatic rings. The minimum absolute atomic E-state index is 0.261. The summed E-state index contributed by atoms with van der Waals surface area (Å²) in [4.78, 5) is 17.6. The predicted molar refractivity (Wildman–Crippen MR) is 129 cm³/mol. The van der Waals surface area contributed by atoms with Gasteiger partial charge in [0.2, 0.25) is 11.1 Å². The van der Waals surface area contributed by atoms with Crippen LogP contribution in [0.25, 0.3) is 0 Å². The van der Waals surface area contributed by atoms with E-state index < -0.39 is 12.0 Å². The van der Waals surface area contributed by atoms with Crippen molar-refractivity contribution in [1.29, 1.82) is 0 Å². The molecule has 7 nitrogen and oxygen atoms in total. The van der Waals surface area contributed by atoms with Crippen molar-refractivity contribution in [3.05, 3.63) is 76.7 Å². The van der Waals surface area contributed by atoms with Gasteiger partial charge in [0.15, 0.2) is 0 Å². The third-order valence-electron chi connectivity index (χ3n) is 5.31. The van der Waals surface area contributed by atoms with Gasteiger partial charge in [-0.25, -0.2) is 13.9 Å². The largest absolute Gasteiger partial charge is 0.494 e. The van der Waals surface area contributed by atoms with E-state index in [-0.39, 0.29) is 5.82 Å². The van der Waals surface area contributed by atoms with Crippen LogP contribution in [0.4, 0.5) is 10.3 Å². The summed E-state index contributed by atoms with van der Waals surface area (Å²) in [6.45, 7) is 6.60. The molecule has 0 spiro atoms. The van der Waals surface area contributed by atoms with E-state index in [9.17, 15) is 9.18 Å². The highest BCUT2D eigenvalue weighted by atomic mass is 32.2. The maximum absolute atomic E-state index is 14.0. The second-order valence-corrected chi connectivity index (χ2v) is 8.69. The van der Waals surface area contributed by atoms with Crippen LogP contribution < -0.4 is 10.1 Å². The Morgan fingerprint density at radius 1 is 1.18 bits per heavy atom. The molecule has 9 heteroatoms. The van der Waals surface area contributed by atoms with Gasteiger partial charge in [-0.15, -0.1) is 5.10 Å². The molecule has 1 unspecified atom stereocenters. The number of anilines is 1. The number of ether oxygens (including phenoxy) is 2.